The van der Waals surface area contributed by atoms with E-state index >= 15 is 0 Å². The smallest absolute Gasteiger partial charge is 0.172 e. The van der Waals surface area contributed by atoms with E-state index in [1.54, 1.807) is 7.11 Å². The number of rotatable bonds is 3. The fourth-order valence-corrected chi connectivity index (χ4v) is 8.08. The van der Waals surface area contributed by atoms with E-state index in [-0.39, 0.29) is 0 Å². The van der Waals surface area contributed by atoms with Crippen molar-refractivity contribution in [1.82, 2.24) is 4.67 Å². The van der Waals surface area contributed by atoms with Gasteiger partial charge < -0.3 is 9.63 Å². The highest BCUT2D eigenvalue weighted by molar-refractivity contribution is 7.76. The molecule has 3 aromatic carbocycles. The number of nitrogens with zero attached hydrogens (tertiary/aromatic N) is 2. The number of methoxy groups -OCH3 is 1. The highest BCUT2D eigenvalue weighted by Gasteiger charge is 2.57. The van der Waals surface area contributed by atoms with Crippen molar-refractivity contribution in [2.24, 2.45) is 0 Å². The van der Waals surface area contributed by atoms with Crippen LogP contribution in [0.15, 0.2) is 66.7 Å². The fourth-order valence-electron chi connectivity index (χ4n) is 4.62. The van der Waals surface area contributed by atoms with Crippen LogP contribution >= 0.6 is 7.79 Å². The summed E-state index contributed by atoms with van der Waals surface area (Å²) in [6, 6.07) is 22.7. The lowest BCUT2D eigenvalue weighted by molar-refractivity contribution is -0.176. The largest absolute Gasteiger partial charge is 0.642 e. The molecule has 4 nitrogen and oxygen atoms in total. The number of para-hydroxylation sites is 1. The third-order valence-electron chi connectivity index (χ3n) is 5.84. The number of anilines is 1. The molecular formula is C22H23N2O2P. The van der Waals surface area contributed by atoms with Crippen LogP contribution in [0.25, 0.3) is 10.8 Å². The van der Waals surface area contributed by atoms with Crippen molar-refractivity contribution < 1.29 is 9.63 Å². The van der Waals surface area contributed by atoms with Crippen molar-refractivity contribution >= 4 is 29.6 Å². The molecule has 5 heteroatoms. The zero-order chi connectivity index (χ0) is 18.4. The van der Waals surface area contributed by atoms with Gasteiger partial charge in [0.2, 0.25) is 0 Å². The molecule has 0 saturated carbocycles. The van der Waals surface area contributed by atoms with Crippen molar-refractivity contribution in [3.8, 4) is 5.75 Å². The Morgan fingerprint density at radius 2 is 1.78 bits per heavy atom. The van der Waals surface area contributed by atoms with E-state index in [0.29, 0.717) is 6.04 Å². The van der Waals surface area contributed by atoms with E-state index in [1.165, 1.54) is 0 Å². The summed E-state index contributed by atoms with van der Waals surface area (Å²) < 4.78 is 10.2. The normalized spacial score (nSPS) is 25.1. The van der Waals surface area contributed by atoms with Gasteiger partial charge in [-0.1, -0.05) is 48.5 Å². The third-order valence-corrected chi connectivity index (χ3v) is 9.09. The molecule has 2 atom stereocenters. The first-order valence-corrected chi connectivity index (χ1v) is 11.1. The Morgan fingerprint density at radius 1 is 1.00 bits per heavy atom. The highest BCUT2D eigenvalue weighted by atomic mass is 31.2. The van der Waals surface area contributed by atoms with Crippen LogP contribution < -0.4 is 19.6 Å². The van der Waals surface area contributed by atoms with E-state index < -0.39 is 7.79 Å². The Balaban J connectivity index is 1.74. The summed E-state index contributed by atoms with van der Waals surface area (Å²) in [5.41, 5.74) is 1.02. The van der Waals surface area contributed by atoms with E-state index in [1.807, 2.05) is 42.5 Å². The van der Waals surface area contributed by atoms with Gasteiger partial charge in [-0.25, -0.2) is 4.67 Å². The quantitative estimate of drug-likeness (QED) is 0.653. The number of benzene rings is 3. The molecule has 2 aliphatic heterocycles. The third kappa shape index (κ3) is 2.48. The van der Waals surface area contributed by atoms with Crippen molar-refractivity contribution in [3.05, 3.63) is 66.7 Å². The predicted molar refractivity (Wildman–Crippen MR) is 111 cm³/mol. The molecule has 2 aliphatic rings. The zero-order valence-electron chi connectivity index (χ0n) is 15.4. The summed E-state index contributed by atoms with van der Waals surface area (Å²) in [6.07, 6.45) is 2.20. The molecule has 138 valence electrons. The van der Waals surface area contributed by atoms with Crippen LogP contribution in [0.3, 0.4) is 0 Å². The Labute approximate surface area is 160 Å². The van der Waals surface area contributed by atoms with E-state index in [4.69, 9.17) is 4.74 Å². The zero-order valence-corrected chi connectivity index (χ0v) is 16.3. The summed E-state index contributed by atoms with van der Waals surface area (Å²) in [5.74, 6) is 0.741. The first-order chi connectivity index (χ1) is 13.2. The van der Waals surface area contributed by atoms with Gasteiger partial charge in [-0.15, -0.1) is 0 Å². The lowest BCUT2D eigenvalue weighted by Crippen LogP contribution is -2.41. The summed E-state index contributed by atoms with van der Waals surface area (Å²) in [6.45, 7) is 1.68. The number of ether oxygens (including phenoxy) is 1. The molecule has 0 aromatic heterocycles. The minimum Gasteiger partial charge on any atom is -0.642 e. The molecule has 3 aromatic rings. The maximum Gasteiger partial charge on any atom is 0.172 e. The summed E-state index contributed by atoms with van der Waals surface area (Å²) in [4.78, 5) is 14.8. The first kappa shape index (κ1) is 17.0. The molecule has 0 amide bonds. The van der Waals surface area contributed by atoms with Crippen LogP contribution in [0.5, 0.6) is 5.75 Å². The maximum atomic E-state index is 14.8. The summed E-state index contributed by atoms with van der Waals surface area (Å²) in [5, 5.41) is 2.94. The topological polar surface area (TPSA) is 38.8 Å². The lowest BCUT2D eigenvalue weighted by atomic mass is 10.1. The monoisotopic (exact) mass is 378 g/mol. The Morgan fingerprint density at radius 3 is 2.59 bits per heavy atom. The van der Waals surface area contributed by atoms with Crippen LogP contribution in [0.1, 0.15) is 12.8 Å². The first-order valence-electron chi connectivity index (χ1n) is 9.50. The van der Waals surface area contributed by atoms with Crippen LogP contribution in [0, 0.1) is 0 Å². The van der Waals surface area contributed by atoms with Crippen molar-refractivity contribution in [1.29, 1.82) is 0 Å². The van der Waals surface area contributed by atoms with Gasteiger partial charge in [0, 0.05) is 11.9 Å². The molecule has 2 fully saturated rings. The van der Waals surface area contributed by atoms with Gasteiger partial charge >= 0.3 is 0 Å². The van der Waals surface area contributed by atoms with Gasteiger partial charge in [0.05, 0.1) is 25.4 Å². The van der Waals surface area contributed by atoms with Gasteiger partial charge in [0.1, 0.15) is 0 Å². The minimum atomic E-state index is -2.98. The Kier molecular flexibility index (Phi) is 4.08. The van der Waals surface area contributed by atoms with Crippen molar-refractivity contribution in [2.45, 2.75) is 18.9 Å². The molecule has 0 spiro atoms. The van der Waals surface area contributed by atoms with E-state index in [9.17, 15) is 4.89 Å². The molecule has 0 N–H and O–H groups in total. The average molecular weight is 378 g/mol. The average Bonchev–Trinajstić information content (AvgIpc) is 3.30. The Bertz CT molecular complexity index is 980. The number of hydrogen-bond donors (Lipinski definition) is 0. The second-order valence-electron chi connectivity index (χ2n) is 7.26. The number of hydrogen-bond acceptors (Lipinski definition) is 4. The van der Waals surface area contributed by atoms with Crippen molar-refractivity contribution in [2.75, 3.05) is 24.9 Å². The fraction of sp³-hybridized carbons (Fsp3) is 0.273. The SMILES string of the molecule is COc1c([P+]2([O-])N(c3ccccc3)C[C@@H]3CCCN32)ccc2ccccc12. The molecule has 0 bridgehead atoms. The summed E-state index contributed by atoms with van der Waals surface area (Å²) >= 11 is 0. The van der Waals surface area contributed by atoms with Crippen molar-refractivity contribution in [3.63, 3.8) is 0 Å². The van der Waals surface area contributed by atoms with Gasteiger partial charge in [-0.3, -0.25) is 0 Å². The molecule has 27 heavy (non-hydrogen) atoms. The maximum absolute atomic E-state index is 14.8. The van der Waals surface area contributed by atoms with Gasteiger partial charge in [-0.05, 0) is 36.4 Å². The van der Waals surface area contributed by atoms with E-state index in [0.717, 1.165) is 53.4 Å². The second-order valence-corrected chi connectivity index (χ2v) is 9.83. The van der Waals surface area contributed by atoms with Gasteiger partial charge in [0.25, 0.3) is 0 Å². The lowest BCUT2D eigenvalue weighted by Gasteiger charge is -2.40. The molecule has 0 aliphatic carbocycles. The van der Waals surface area contributed by atoms with Gasteiger partial charge in [0.15, 0.2) is 18.8 Å². The molecular weight excluding hydrogens is 355 g/mol. The molecule has 0 radical (unpaired) electrons. The van der Waals surface area contributed by atoms with Crippen LogP contribution in [-0.2, 0) is 0 Å². The highest BCUT2D eigenvalue weighted by Crippen LogP contribution is 2.66. The standard InChI is InChI=1S/C22H23N2O2P/c1-26-22-20-12-6-5-8-17(20)13-14-21(22)27(25)23-15-7-11-19(23)16-24(27)18-9-3-2-4-10-18/h2-6,8-10,12-14,19H,7,11,15-16H2,1H3/t19-,27?/m0/s1. The van der Waals surface area contributed by atoms with Crippen LogP contribution in [-0.4, -0.2) is 30.9 Å². The molecule has 2 heterocycles. The second kappa shape index (κ2) is 6.49. The summed E-state index contributed by atoms with van der Waals surface area (Å²) in [7, 11) is -1.29. The van der Waals surface area contributed by atoms with Crippen LogP contribution in [0.4, 0.5) is 5.69 Å². The molecule has 5 rings (SSSR count). The number of fused-ring (bicyclic) bond motifs is 2. The molecule has 2 saturated heterocycles. The van der Waals surface area contributed by atoms with Crippen LogP contribution in [0.2, 0.25) is 0 Å². The molecule has 1 unspecified atom stereocenters. The Hall–Kier alpha value is -2.13. The van der Waals surface area contributed by atoms with E-state index in [2.05, 4.69) is 33.6 Å². The minimum absolute atomic E-state index is 0.340. The van der Waals surface area contributed by atoms with Gasteiger partial charge in [-0.2, -0.15) is 4.67 Å². The predicted octanol–water partition coefficient (Wildman–Crippen LogP) is 3.58.